The van der Waals surface area contributed by atoms with E-state index in [9.17, 15) is 0 Å². The summed E-state index contributed by atoms with van der Waals surface area (Å²) >= 11 is 0. The van der Waals surface area contributed by atoms with Crippen molar-refractivity contribution >= 4 is 10.9 Å². The zero-order valence-corrected chi connectivity index (χ0v) is 10.9. The zero-order valence-electron chi connectivity index (χ0n) is 10.9. The Morgan fingerprint density at radius 3 is 2.95 bits per heavy atom. The van der Waals surface area contributed by atoms with Crippen LogP contribution in [0.25, 0.3) is 22.2 Å². The average Bonchev–Trinajstić information content (AvgIpc) is 2.93. The van der Waals surface area contributed by atoms with Crippen LogP contribution >= 0.6 is 0 Å². The number of aromatic nitrogens is 1. The maximum absolute atomic E-state index is 5.89. The van der Waals surface area contributed by atoms with Gasteiger partial charge in [-0.05, 0) is 30.8 Å². The molecular formula is C16H16N2O. The van der Waals surface area contributed by atoms with E-state index in [1.807, 2.05) is 36.5 Å². The largest absolute Gasteiger partial charge is 0.460 e. The number of nitrogens with zero attached hydrogens (tertiary/aromatic N) is 1. The molecule has 1 N–H and O–H groups in total. The molecule has 0 bridgehead atoms. The maximum Gasteiger partial charge on any atom is 0.135 e. The summed E-state index contributed by atoms with van der Waals surface area (Å²) in [6.07, 6.45) is 1.81. The Hall–Kier alpha value is -2.13. The minimum Gasteiger partial charge on any atom is -0.460 e. The molecule has 0 saturated heterocycles. The second-order valence-corrected chi connectivity index (χ2v) is 4.42. The van der Waals surface area contributed by atoms with E-state index >= 15 is 0 Å². The van der Waals surface area contributed by atoms with Crippen LogP contribution in [0, 0.1) is 0 Å². The summed E-state index contributed by atoms with van der Waals surface area (Å²) in [5, 5.41) is 4.38. The third kappa shape index (κ3) is 2.37. The van der Waals surface area contributed by atoms with E-state index in [1.54, 1.807) is 0 Å². The van der Waals surface area contributed by atoms with Crippen molar-refractivity contribution in [1.82, 2.24) is 10.3 Å². The molecule has 0 atom stereocenters. The van der Waals surface area contributed by atoms with Crippen LogP contribution in [0.15, 0.2) is 53.1 Å². The topological polar surface area (TPSA) is 38.1 Å². The van der Waals surface area contributed by atoms with E-state index in [-0.39, 0.29) is 0 Å². The van der Waals surface area contributed by atoms with Crippen molar-refractivity contribution in [2.24, 2.45) is 0 Å². The minimum atomic E-state index is 0.763. The molecular weight excluding hydrogens is 236 g/mol. The van der Waals surface area contributed by atoms with Gasteiger partial charge in [0.05, 0.1) is 12.1 Å². The van der Waals surface area contributed by atoms with Gasteiger partial charge in [-0.1, -0.05) is 25.1 Å². The number of nitrogens with one attached hydrogen (secondary N) is 1. The third-order valence-corrected chi connectivity index (χ3v) is 3.12. The highest BCUT2D eigenvalue weighted by atomic mass is 16.3. The van der Waals surface area contributed by atoms with Gasteiger partial charge >= 0.3 is 0 Å². The molecule has 0 aliphatic rings. The van der Waals surface area contributed by atoms with Crippen LogP contribution in [-0.4, -0.2) is 11.5 Å². The van der Waals surface area contributed by atoms with E-state index in [0.29, 0.717) is 0 Å². The molecule has 3 heteroatoms. The van der Waals surface area contributed by atoms with Gasteiger partial charge in [-0.2, -0.15) is 0 Å². The monoisotopic (exact) mass is 252 g/mol. The fourth-order valence-electron chi connectivity index (χ4n) is 2.18. The van der Waals surface area contributed by atoms with Crippen LogP contribution in [0.2, 0.25) is 0 Å². The van der Waals surface area contributed by atoms with Crippen LogP contribution in [0.3, 0.4) is 0 Å². The van der Waals surface area contributed by atoms with Gasteiger partial charge in [0.15, 0.2) is 0 Å². The summed E-state index contributed by atoms with van der Waals surface area (Å²) in [5.41, 5.74) is 2.08. The van der Waals surface area contributed by atoms with Crippen LogP contribution < -0.4 is 5.32 Å². The molecule has 3 aromatic rings. The molecule has 96 valence electrons. The predicted octanol–water partition coefficient (Wildman–Crippen LogP) is 3.60. The van der Waals surface area contributed by atoms with E-state index in [4.69, 9.17) is 4.42 Å². The van der Waals surface area contributed by atoms with E-state index < -0.39 is 0 Å². The number of rotatable bonds is 4. The lowest BCUT2D eigenvalue weighted by atomic mass is 10.1. The molecule has 0 fully saturated rings. The van der Waals surface area contributed by atoms with Crippen molar-refractivity contribution in [3.8, 4) is 11.3 Å². The normalized spacial score (nSPS) is 11.0. The molecule has 0 aliphatic heterocycles. The summed E-state index contributed by atoms with van der Waals surface area (Å²) in [6, 6.07) is 14.2. The first-order valence-corrected chi connectivity index (χ1v) is 6.52. The van der Waals surface area contributed by atoms with Gasteiger partial charge < -0.3 is 9.73 Å². The van der Waals surface area contributed by atoms with Crippen molar-refractivity contribution in [1.29, 1.82) is 0 Å². The lowest BCUT2D eigenvalue weighted by molar-refractivity contribution is 0.499. The molecule has 0 radical (unpaired) electrons. The quantitative estimate of drug-likeness (QED) is 0.771. The van der Waals surface area contributed by atoms with Crippen molar-refractivity contribution in [3.63, 3.8) is 0 Å². The Labute approximate surface area is 112 Å². The van der Waals surface area contributed by atoms with Gasteiger partial charge in [0.2, 0.25) is 0 Å². The first-order valence-electron chi connectivity index (χ1n) is 6.52. The fraction of sp³-hybridized carbons (Fsp3) is 0.188. The van der Waals surface area contributed by atoms with Gasteiger partial charge in [0.1, 0.15) is 11.5 Å². The Kier molecular flexibility index (Phi) is 3.29. The van der Waals surface area contributed by atoms with Gasteiger partial charge in [0.25, 0.3) is 0 Å². The summed E-state index contributed by atoms with van der Waals surface area (Å²) < 4.78 is 5.89. The molecule has 3 rings (SSSR count). The number of pyridine rings is 1. The smallest absolute Gasteiger partial charge is 0.135 e. The third-order valence-electron chi connectivity index (χ3n) is 3.12. The lowest BCUT2D eigenvalue weighted by Crippen LogP contribution is -2.10. The number of fused-ring (bicyclic) bond motifs is 1. The molecule has 3 nitrogen and oxygen atoms in total. The molecule has 0 saturated carbocycles. The summed E-state index contributed by atoms with van der Waals surface area (Å²) in [7, 11) is 0. The molecule has 1 aromatic carbocycles. The van der Waals surface area contributed by atoms with Crippen LogP contribution in [-0.2, 0) is 6.54 Å². The van der Waals surface area contributed by atoms with E-state index in [1.165, 1.54) is 0 Å². The number of furan rings is 1. The predicted molar refractivity (Wildman–Crippen MR) is 76.8 cm³/mol. The van der Waals surface area contributed by atoms with Crippen molar-refractivity contribution in [3.05, 3.63) is 54.4 Å². The molecule has 0 unspecified atom stereocenters. The molecule has 2 aromatic heterocycles. The standard InChI is InChI=1S/C16H16N2O/c1-2-17-11-12-8-9-16(19-12)14-5-3-7-15-13(14)6-4-10-18-15/h3-10,17H,2,11H2,1H3. The highest BCUT2D eigenvalue weighted by Gasteiger charge is 2.08. The highest BCUT2D eigenvalue weighted by molar-refractivity contribution is 5.93. The maximum atomic E-state index is 5.89. The van der Waals surface area contributed by atoms with Crippen molar-refractivity contribution in [2.45, 2.75) is 13.5 Å². The molecule has 0 spiro atoms. The van der Waals surface area contributed by atoms with Crippen LogP contribution in [0.5, 0.6) is 0 Å². The number of hydrogen-bond acceptors (Lipinski definition) is 3. The van der Waals surface area contributed by atoms with Gasteiger partial charge in [0, 0.05) is 17.1 Å². The van der Waals surface area contributed by atoms with Crippen LogP contribution in [0.4, 0.5) is 0 Å². The molecule has 2 heterocycles. The molecule has 19 heavy (non-hydrogen) atoms. The Morgan fingerprint density at radius 2 is 2.05 bits per heavy atom. The van der Waals surface area contributed by atoms with E-state index in [0.717, 1.165) is 41.1 Å². The average molecular weight is 252 g/mol. The van der Waals surface area contributed by atoms with Crippen molar-refractivity contribution < 1.29 is 4.42 Å². The minimum absolute atomic E-state index is 0.763. The Bertz CT molecular complexity index is 683. The Balaban J connectivity index is 2.02. The van der Waals surface area contributed by atoms with E-state index in [2.05, 4.69) is 29.4 Å². The van der Waals surface area contributed by atoms with Gasteiger partial charge in [-0.15, -0.1) is 0 Å². The first-order chi connectivity index (χ1) is 9.38. The molecule has 0 aliphatic carbocycles. The molecule has 0 amide bonds. The zero-order chi connectivity index (χ0) is 13.1. The summed E-state index contributed by atoms with van der Waals surface area (Å²) in [6.45, 7) is 3.79. The lowest BCUT2D eigenvalue weighted by Gasteiger charge is -2.03. The second-order valence-electron chi connectivity index (χ2n) is 4.42. The second kappa shape index (κ2) is 5.24. The summed E-state index contributed by atoms with van der Waals surface area (Å²) in [5.74, 6) is 1.85. The fourth-order valence-corrected chi connectivity index (χ4v) is 2.18. The highest BCUT2D eigenvalue weighted by Crippen LogP contribution is 2.28. The first kappa shape index (κ1) is 11.9. The van der Waals surface area contributed by atoms with Gasteiger partial charge in [-0.3, -0.25) is 4.98 Å². The SMILES string of the molecule is CCNCc1ccc(-c2cccc3ncccc23)o1. The number of benzene rings is 1. The summed E-state index contributed by atoms with van der Waals surface area (Å²) in [4.78, 5) is 4.37. The Morgan fingerprint density at radius 1 is 1.11 bits per heavy atom. The van der Waals surface area contributed by atoms with Crippen molar-refractivity contribution in [2.75, 3.05) is 6.54 Å². The van der Waals surface area contributed by atoms with Crippen LogP contribution in [0.1, 0.15) is 12.7 Å². The number of hydrogen-bond donors (Lipinski definition) is 1. The van der Waals surface area contributed by atoms with Gasteiger partial charge in [-0.25, -0.2) is 0 Å².